The summed E-state index contributed by atoms with van der Waals surface area (Å²) in [7, 11) is 0. The number of aliphatic carboxylic acids is 1. The molecule has 2 nitrogen and oxygen atoms in total. The Morgan fingerprint density at radius 1 is 1.64 bits per heavy atom. The van der Waals surface area contributed by atoms with E-state index >= 15 is 0 Å². The zero-order chi connectivity index (χ0) is 8.10. The van der Waals surface area contributed by atoms with E-state index in [0.29, 0.717) is 20.9 Å². The predicted octanol–water partition coefficient (Wildman–Crippen LogP) is 1.15. The van der Waals surface area contributed by atoms with E-state index in [1.165, 1.54) is 4.44 Å². The van der Waals surface area contributed by atoms with E-state index in [2.05, 4.69) is 17.1 Å². The van der Waals surface area contributed by atoms with E-state index in [1.807, 2.05) is 0 Å². The third-order valence-electron chi connectivity index (χ3n) is 1.39. The molecule has 0 spiro atoms. The summed E-state index contributed by atoms with van der Waals surface area (Å²) in [6.45, 7) is 0. The Bertz CT molecular complexity index is 216. The van der Waals surface area contributed by atoms with Crippen LogP contribution in [-0.4, -0.2) is 25.6 Å². The van der Waals surface area contributed by atoms with Gasteiger partial charge in [0.05, 0.1) is 0 Å². The van der Waals surface area contributed by atoms with Gasteiger partial charge in [0.1, 0.15) is 0 Å². The maximum absolute atomic E-state index is 10.1. The van der Waals surface area contributed by atoms with E-state index in [4.69, 9.17) is 5.11 Å². The number of carbonyl (C=O) groups is 1. The van der Waals surface area contributed by atoms with Gasteiger partial charge in [0, 0.05) is 0 Å². The molecule has 60 valence electrons. The minimum absolute atomic E-state index is 0.299. The molecule has 0 aliphatic heterocycles. The Kier molecular flexibility index (Phi) is 3.40. The molecule has 3 heteroatoms. The van der Waals surface area contributed by atoms with Crippen LogP contribution in [0.5, 0.6) is 0 Å². The van der Waals surface area contributed by atoms with Crippen LogP contribution >= 0.6 is 0 Å². The average molecular weight is 217 g/mol. The Labute approximate surface area is 71.6 Å². The molecule has 0 amide bonds. The number of aryl methyl sites for hydroxylation is 1. The fraction of sp³-hybridized carbons (Fsp3) is 0.375. The summed E-state index contributed by atoms with van der Waals surface area (Å²) in [5, 5.41) is 8.36. The van der Waals surface area contributed by atoms with Crippen LogP contribution in [0.3, 0.4) is 0 Å². The molecule has 0 radical (unpaired) electrons. The van der Waals surface area contributed by atoms with Crippen LogP contribution < -0.4 is 0 Å². The van der Waals surface area contributed by atoms with Gasteiger partial charge in [0.2, 0.25) is 0 Å². The number of carboxylic acid groups (broad SMARTS) is 1. The van der Waals surface area contributed by atoms with E-state index in [9.17, 15) is 4.79 Å². The van der Waals surface area contributed by atoms with Gasteiger partial charge in [-0.05, 0) is 0 Å². The summed E-state index contributed by atoms with van der Waals surface area (Å²) < 4.78 is 1.42. The summed E-state index contributed by atoms with van der Waals surface area (Å²) in [5.74, 6) is -0.691. The number of hydrogen-bond acceptors (Lipinski definition) is 1. The second-order valence-electron chi connectivity index (χ2n) is 2.33. The molecule has 0 saturated carbocycles. The van der Waals surface area contributed by atoms with Gasteiger partial charge in [0.15, 0.2) is 0 Å². The molecule has 0 atom stereocenters. The molecule has 1 heterocycles. The second kappa shape index (κ2) is 4.37. The fourth-order valence-corrected chi connectivity index (χ4v) is 2.44. The van der Waals surface area contributed by atoms with Gasteiger partial charge < -0.3 is 0 Å². The van der Waals surface area contributed by atoms with Crippen LogP contribution in [0.4, 0.5) is 0 Å². The van der Waals surface area contributed by atoms with Crippen LogP contribution in [0.15, 0.2) is 17.1 Å². The van der Waals surface area contributed by atoms with Crippen molar-refractivity contribution in [3.63, 3.8) is 0 Å². The van der Waals surface area contributed by atoms with E-state index in [-0.39, 0.29) is 0 Å². The van der Waals surface area contributed by atoms with Gasteiger partial charge in [0.25, 0.3) is 0 Å². The van der Waals surface area contributed by atoms with Crippen molar-refractivity contribution in [1.29, 1.82) is 0 Å². The van der Waals surface area contributed by atoms with Crippen molar-refractivity contribution in [3.8, 4) is 0 Å². The fourth-order valence-electron chi connectivity index (χ4n) is 0.869. The standard InChI is InChI=1S/C8H10O2Se/c9-8(10)5-1-3-7-4-2-6-11-7/h2,4,6H,1,3,5H2,(H,9,10). The van der Waals surface area contributed by atoms with Gasteiger partial charge in [-0.3, -0.25) is 0 Å². The van der Waals surface area contributed by atoms with Gasteiger partial charge in [-0.1, -0.05) is 0 Å². The quantitative estimate of drug-likeness (QED) is 0.768. The van der Waals surface area contributed by atoms with Gasteiger partial charge in [-0.25, -0.2) is 0 Å². The molecule has 0 aromatic carbocycles. The van der Waals surface area contributed by atoms with Crippen molar-refractivity contribution in [2.45, 2.75) is 19.3 Å². The topological polar surface area (TPSA) is 37.3 Å². The number of carboxylic acids is 1. The number of hydrogen-bond donors (Lipinski definition) is 1. The summed E-state index contributed by atoms with van der Waals surface area (Å²) in [5.41, 5.74) is 0. The molecule has 1 rings (SSSR count). The monoisotopic (exact) mass is 218 g/mol. The van der Waals surface area contributed by atoms with Crippen molar-refractivity contribution >= 4 is 20.5 Å². The zero-order valence-electron chi connectivity index (χ0n) is 6.12. The van der Waals surface area contributed by atoms with E-state index in [1.54, 1.807) is 0 Å². The van der Waals surface area contributed by atoms with Crippen LogP contribution in [0.25, 0.3) is 0 Å². The molecular weight excluding hydrogens is 207 g/mol. The summed E-state index contributed by atoms with van der Waals surface area (Å²) in [6.07, 6.45) is 2.04. The Hall–Kier alpha value is -0.531. The molecule has 0 fully saturated rings. The van der Waals surface area contributed by atoms with Gasteiger partial charge in [-0.15, -0.1) is 0 Å². The third-order valence-corrected chi connectivity index (χ3v) is 3.36. The first-order chi connectivity index (χ1) is 5.29. The molecule has 1 N–H and O–H groups in total. The maximum atomic E-state index is 10.1. The molecule has 0 bridgehead atoms. The van der Waals surface area contributed by atoms with Gasteiger partial charge in [-0.2, -0.15) is 0 Å². The first-order valence-corrected chi connectivity index (χ1v) is 5.38. The normalized spacial score (nSPS) is 9.82. The van der Waals surface area contributed by atoms with Gasteiger partial charge >= 0.3 is 71.1 Å². The van der Waals surface area contributed by atoms with E-state index < -0.39 is 5.97 Å². The van der Waals surface area contributed by atoms with Crippen LogP contribution in [0.1, 0.15) is 17.3 Å². The molecule has 1 aromatic heterocycles. The molecule has 1 aromatic rings. The summed E-state index contributed by atoms with van der Waals surface area (Å²) >= 11 is 0.512. The molecule has 0 aliphatic carbocycles. The van der Waals surface area contributed by atoms with Crippen LogP contribution in [0, 0.1) is 0 Å². The Balaban J connectivity index is 2.19. The molecule has 0 saturated heterocycles. The first kappa shape index (κ1) is 8.56. The van der Waals surface area contributed by atoms with Crippen molar-refractivity contribution in [2.24, 2.45) is 0 Å². The molecular formula is C8H10O2Se. The molecule has 11 heavy (non-hydrogen) atoms. The van der Waals surface area contributed by atoms with Crippen LogP contribution in [0.2, 0.25) is 0 Å². The summed E-state index contributed by atoms with van der Waals surface area (Å²) in [4.78, 5) is 12.3. The first-order valence-electron chi connectivity index (χ1n) is 3.53. The zero-order valence-corrected chi connectivity index (χ0v) is 7.83. The van der Waals surface area contributed by atoms with E-state index in [0.717, 1.165) is 12.8 Å². The molecule has 0 unspecified atom stereocenters. The molecule has 0 aliphatic rings. The summed E-state index contributed by atoms with van der Waals surface area (Å²) in [6, 6.07) is 4.15. The third kappa shape index (κ3) is 3.40. The average Bonchev–Trinajstić information content (AvgIpc) is 2.39. The number of rotatable bonds is 4. The SMILES string of the molecule is O=C(O)CCCc1ccc[se]1. The Morgan fingerprint density at radius 3 is 3.00 bits per heavy atom. The Morgan fingerprint density at radius 2 is 2.45 bits per heavy atom. The predicted molar refractivity (Wildman–Crippen MR) is 44.0 cm³/mol. The van der Waals surface area contributed by atoms with Crippen LogP contribution in [-0.2, 0) is 11.2 Å². The second-order valence-corrected chi connectivity index (χ2v) is 4.49. The minimum atomic E-state index is -0.691. The van der Waals surface area contributed by atoms with Crippen molar-refractivity contribution in [2.75, 3.05) is 0 Å². The van der Waals surface area contributed by atoms with Crippen molar-refractivity contribution in [1.82, 2.24) is 0 Å². The van der Waals surface area contributed by atoms with Crippen molar-refractivity contribution < 1.29 is 9.90 Å². The van der Waals surface area contributed by atoms with Crippen molar-refractivity contribution in [3.05, 3.63) is 21.5 Å².